The Bertz CT molecular complexity index is 1130. The van der Waals surface area contributed by atoms with Crippen LogP contribution in [0.1, 0.15) is 23.6 Å². The number of aromatic nitrogens is 2. The zero-order chi connectivity index (χ0) is 19.6. The number of aromatic amines is 1. The first-order chi connectivity index (χ1) is 12.9. The smallest absolute Gasteiger partial charge is 0.264 e. The van der Waals surface area contributed by atoms with E-state index >= 15 is 0 Å². The van der Waals surface area contributed by atoms with E-state index in [-0.39, 0.29) is 16.2 Å². The Balaban J connectivity index is 2.11. The van der Waals surface area contributed by atoms with Crippen molar-refractivity contribution in [1.82, 2.24) is 9.55 Å². The first-order valence-electron chi connectivity index (χ1n) is 8.38. The van der Waals surface area contributed by atoms with E-state index in [0.717, 1.165) is 17.5 Å². The molecule has 2 N–H and O–H groups in total. The standard InChI is InChI=1S/C20H18ClN3O2S/c1-3-13-5-8-15(9-6-13)24-19(26)16(18(25)23-20(24)27)11-22-17-10-14(21)7-4-12(17)2/h4-11,26H,3H2,1-2H3,(H,23,25,27). The van der Waals surface area contributed by atoms with E-state index in [1.165, 1.54) is 10.8 Å². The maximum absolute atomic E-state index is 12.3. The quantitative estimate of drug-likeness (QED) is 0.485. The van der Waals surface area contributed by atoms with Crippen LogP contribution in [0.2, 0.25) is 5.02 Å². The van der Waals surface area contributed by atoms with Gasteiger partial charge in [-0.05, 0) is 61.0 Å². The highest BCUT2D eigenvalue weighted by molar-refractivity contribution is 7.71. The van der Waals surface area contributed by atoms with E-state index in [0.29, 0.717) is 16.4 Å². The van der Waals surface area contributed by atoms with Crippen molar-refractivity contribution in [1.29, 1.82) is 0 Å². The first kappa shape index (κ1) is 19.1. The molecule has 138 valence electrons. The number of aryl methyl sites for hydroxylation is 2. The van der Waals surface area contributed by atoms with Gasteiger partial charge in [0.15, 0.2) is 4.77 Å². The monoisotopic (exact) mass is 399 g/mol. The van der Waals surface area contributed by atoms with E-state index < -0.39 is 5.56 Å². The van der Waals surface area contributed by atoms with Gasteiger partial charge in [0.05, 0.1) is 11.4 Å². The number of aromatic hydroxyl groups is 1. The van der Waals surface area contributed by atoms with Crippen LogP contribution in [0.5, 0.6) is 5.88 Å². The van der Waals surface area contributed by atoms with Crippen LogP contribution in [-0.2, 0) is 6.42 Å². The van der Waals surface area contributed by atoms with E-state index in [2.05, 4.69) is 16.9 Å². The van der Waals surface area contributed by atoms with Crippen LogP contribution in [0, 0.1) is 11.7 Å². The second-order valence-electron chi connectivity index (χ2n) is 6.04. The number of aliphatic imine (C=N–C) groups is 1. The molecule has 0 radical (unpaired) electrons. The third-order valence-electron chi connectivity index (χ3n) is 4.23. The molecule has 0 bridgehead atoms. The fourth-order valence-electron chi connectivity index (χ4n) is 2.63. The SMILES string of the molecule is CCc1ccc(-n2c(O)c(C=Nc3cc(Cl)ccc3C)c(=O)[nH]c2=S)cc1. The summed E-state index contributed by atoms with van der Waals surface area (Å²) in [5, 5.41) is 11.2. The van der Waals surface area contributed by atoms with Crippen molar-refractivity contribution < 1.29 is 5.11 Å². The van der Waals surface area contributed by atoms with Crippen molar-refractivity contribution in [2.75, 3.05) is 0 Å². The van der Waals surface area contributed by atoms with Crippen molar-refractivity contribution in [2.45, 2.75) is 20.3 Å². The summed E-state index contributed by atoms with van der Waals surface area (Å²) in [5.41, 5.74) is 2.83. The molecule has 0 atom stereocenters. The van der Waals surface area contributed by atoms with Crippen molar-refractivity contribution >= 4 is 35.7 Å². The summed E-state index contributed by atoms with van der Waals surface area (Å²) in [7, 11) is 0. The molecular formula is C20H18ClN3O2S. The molecule has 27 heavy (non-hydrogen) atoms. The highest BCUT2D eigenvalue weighted by Crippen LogP contribution is 2.24. The minimum atomic E-state index is -0.512. The van der Waals surface area contributed by atoms with Gasteiger partial charge in [-0.2, -0.15) is 0 Å². The van der Waals surface area contributed by atoms with Gasteiger partial charge in [-0.15, -0.1) is 0 Å². The molecular weight excluding hydrogens is 382 g/mol. The molecule has 2 aromatic carbocycles. The summed E-state index contributed by atoms with van der Waals surface area (Å²) in [6, 6.07) is 12.9. The minimum absolute atomic E-state index is 0.0162. The molecule has 0 saturated carbocycles. The lowest BCUT2D eigenvalue weighted by Crippen LogP contribution is -2.18. The third kappa shape index (κ3) is 4.02. The zero-order valence-electron chi connectivity index (χ0n) is 14.9. The number of nitrogens with zero attached hydrogens (tertiary/aromatic N) is 2. The summed E-state index contributed by atoms with van der Waals surface area (Å²) < 4.78 is 1.51. The maximum atomic E-state index is 12.3. The van der Waals surface area contributed by atoms with E-state index in [1.54, 1.807) is 12.1 Å². The van der Waals surface area contributed by atoms with Crippen molar-refractivity contribution in [2.24, 2.45) is 4.99 Å². The number of rotatable bonds is 4. The van der Waals surface area contributed by atoms with Crippen molar-refractivity contribution in [3.8, 4) is 11.6 Å². The summed E-state index contributed by atoms with van der Waals surface area (Å²) in [6.07, 6.45) is 2.22. The molecule has 1 aromatic heterocycles. The normalized spacial score (nSPS) is 11.2. The first-order valence-corrected chi connectivity index (χ1v) is 9.17. The average Bonchev–Trinajstić information content (AvgIpc) is 2.64. The number of nitrogens with one attached hydrogen (secondary N) is 1. The molecule has 3 rings (SSSR count). The Morgan fingerprint density at radius 2 is 1.96 bits per heavy atom. The molecule has 7 heteroatoms. The number of hydrogen-bond donors (Lipinski definition) is 2. The van der Waals surface area contributed by atoms with Crippen LogP contribution >= 0.6 is 23.8 Å². The van der Waals surface area contributed by atoms with Crippen LogP contribution in [-0.4, -0.2) is 20.9 Å². The number of benzene rings is 2. The summed E-state index contributed by atoms with van der Waals surface area (Å²) in [6.45, 7) is 3.94. The van der Waals surface area contributed by atoms with E-state index in [4.69, 9.17) is 23.8 Å². The van der Waals surface area contributed by atoms with Gasteiger partial charge in [-0.1, -0.05) is 36.7 Å². The molecule has 0 saturated heterocycles. The minimum Gasteiger partial charge on any atom is -0.494 e. The average molecular weight is 400 g/mol. The van der Waals surface area contributed by atoms with Gasteiger partial charge < -0.3 is 5.11 Å². The fourth-order valence-corrected chi connectivity index (χ4v) is 3.08. The van der Waals surface area contributed by atoms with Gasteiger partial charge in [0.25, 0.3) is 5.56 Å². The van der Waals surface area contributed by atoms with E-state index in [1.807, 2.05) is 37.3 Å². The number of hydrogen-bond acceptors (Lipinski definition) is 4. The second-order valence-corrected chi connectivity index (χ2v) is 6.86. The third-order valence-corrected chi connectivity index (χ3v) is 4.75. The molecule has 0 aliphatic rings. The predicted octanol–water partition coefficient (Wildman–Crippen LogP) is 4.88. The zero-order valence-corrected chi connectivity index (χ0v) is 16.4. The Hall–Kier alpha value is -2.70. The van der Waals surface area contributed by atoms with Gasteiger partial charge in [0, 0.05) is 11.2 Å². The summed E-state index contributed by atoms with van der Waals surface area (Å²) in [4.78, 5) is 19.2. The Labute approximate surface area is 166 Å². The van der Waals surface area contributed by atoms with Gasteiger partial charge in [0.2, 0.25) is 5.88 Å². The molecule has 0 aliphatic heterocycles. The van der Waals surface area contributed by atoms with Crippen LogP contribution in [0.4, 0.5) is 5.69 Å². The summed E-state index contributed by atoms with van der Waals surface area (Å²) >= 11 is 11.2. The molecule has 0 aliphatic carbocycles. The van der Waals surface area contributed by atoms with Crippen molar-refractivity contribution in [3.63, 3.8) is 0 Å². The predicted molar refractivity (Wildman–Crippen MR) is 112 cm³/mol. The maximum Gasteiger partial charge on any atom is 0.264 e. The number of H-pyrrole nitrogens is 1. The second kappa shape index (κ2) is 7.90. The van der Waals surface area contributed by atoms with Gasteiger partial charge >= 0.3 is 0 Å². The lowest BCUT2D eigenvalue weighted by Gasteiger charge is -2.11. The van der Waals surface area contributed by atoms with Crippen molar-refractivity contribution in [3.05, 3.63) is 79.3 Å². The topological polar surface area (TPSA) is 70.4 Å². The Morgan fingerprint density at radius 1 is 1.26 bits per heavy atom. The van der Waals surface area contributed by atoms with Gasteiger partial charge in [0.1, 0.15) is 5.56 Å². The largest absolute Gasteiger partial charge is 0.494 e. The lowest BCUT2D eigenvalue weighted by molar-refractivity contribution is 0.432. The Morgan fingerprint density at radius 3 is 2.63 bits per heavy atom. The molecule has 3 aromatic rings. The highest BCUT2D eigenvalue weighted by Gasteiger charge is 2.12. The van der Waals surface area contributed by atoms with Crippen LogP contribution < -0.4 is 5.56 Å². The highest BCUT2D eigenvalue weighted by atomic mass is 35.5. The van der Waals surface area contributed by atoms with Gasteiger partial charge in [-0.3, -0.25) is 19.3 Å². The lowest BCUT2D eigenvalue weighted by atomic mass is 10.1. The fraction of sp³-hybridized carbons (Fsp3) is 0.150. The molecule has 0 amide bonds. The molecule has 0 unspecified atom stereocenters. The van der Waals surface area contributed by atoms with Crippen LogP contribution in [0.15, 0.2) is 52.3 Å². The number of halogens is 1. The Kier molecular flexibility index (Phi) is 5.58. The van der Waals surface area contributed by atoms with Gasteiger partial charge in [-0.25, -0.2) is 0 Å². The summed E-state index contributed by atoms with van der Waals surface area (Å²) in [5.74, 6) is -0.267. The van der Waals surface area contributed by atoms with Crippen LogP contribution in [0.25, 0.3) is 5.69 Å². The molecule has 1 heterocycles. The molecule has 5 nitrogen and oxygen atoms in total. The van der Waals surface area contributed by atoms with E-state index in [9.17, 15) is 9.90 Å². The van der Waals surface area contributed by atoms with Crippen LogP contribution in [0.3, 0.4) is 0 Å². The molecule has 0 spiro atoms. The molecule has 0 fully saturated rings.